The number of nitrogens with zero attached hydrogens (tertiary/aromatic N) is 2. The summed E-state index contributed by atoms with van der Waals surface area (Å²) in [6.07, 6.45) is 5.65. The number of fused-ring (bicyclic) bond motifs is 3. The number of aliphatic hydroxyl groups is 1. The second-order valence-corrected chi connectivity index (χ2v) is 11.9. The van der Waals surface area contributed by atoms with Crippen LogP contribution < -0.4 is 10.6 Å². The lowest BCUT2D eigenvalue weighted by molar-refractivity contribution is -0.157. The summed E-state index contributed by atoms with van der Waals surface area (Å²) in [5.41, 5.74) is -0.0814. The van der Waals surface area contributed by atoms with E-state index in [1.165, 1.54) is 12.4 Å². The highest BCUT2D eigenvalue weighted by atomic mass is 35.5. The van der Waals surface area contributed by atoms with Gasteiger partial charge in [-0.05, 0) is 63.1 Å². The van der Waals surface area contributed by atoms with E-state index in [-0.39, 0.29) is 46.3 Å². The van der Waals surface area contributed by atoms with E-state index in [4.69, 9.17) is 23.2 Å². The molecule has 1 aromatic carbocycles. The third-order valence-electron chi connectivity index (χ3n) is 7.37. The number of hydrogen-bond acceptors (Lipinski definition) is 6. The second kappa shape index (κ2) is 12.1. The Bertz CT molecular complexity index is 1270. The zero-order valence-electron chi connectivity index (χ0n) is 22.2. The number of carboxylic acid groups (broad SMARTS) is 1. The molecular formula is C28H32Cl2N4O6. The third kappa shape index (κ3) is 6.92. The first kappa shape index (κ1) is 29.8. The quantitative estimate of drug-likeness (QED) is 0.348. The van der Waals surface area contributed by atoms with Crippen molar-refractivity contribution in [1.29, 1.82) is 0 Å². The van der Waals surface area contributed by atoms with Gasteiger partial charge in [0.05, 0.1) is 27.6 Å². The van der Waals surface area contributed by atoms with E-state index in [9.17, 15) is 29.4 Å². The number of amides is 3. The van der Waals surface area contributed by atoms with E-state index in [2.05, 4.69) is 15.6 Å². The van der Waals surface area contributed by atoms with Crippen molar-refractivity contribution in [1.82, 2.24) is 15.2 Å². The lowest BCUT2D eigenvalue weighted by atomic mass is 9.73. The molecule has 1 aliphatic carbocycles. The summed E-state index contributed by atoms with van der Waals surface area (Å²) >= 11 is 12.1. The van der Waals surface area contributed by atoms with Gasteiger partial charge in [0.2, 0.25) is 11.8 Å². The Labute approximate surface area is 242 Å². The van der Waals surface area contributed by atoms with Crippen LogP contribution in [0.5, 0.6) is 0 Å². The molecule has 3 amide bonds. The van der Waals surface area contributed by atoms with Gasteiger partial charge in [0.15, 0.2) is 0 Å². The molecule has 1 saturated carbocycles. The average molecular weight is 591 g/mol. The molecule has 3 aliphatic rings. The van der Waals surface area contributed by atoms with Crippen molar-refractivity contribution >= 4 is 52.6 Å². The summed E-state index contributed by atoms with van der Waals surface area (Å²) in [5.74, 6) is -2.59. The van der Waals surface area contributed by atoms with Crippen LogP contribution >= 0.6 is 23.2 Å². The zero-order chi connectivity index (χ0) is 29.2. The normalized spacial score (nSPS) is 21.0. The molecule has 2 aliphatic heterocycles. The predicted molar refractivity (Wildman–Crippen MR) is 149 cm³/mol. The fourth-order valence-corrected chi connectivity index (χ4v) is 6.09. The van der Waals surface area contributed by atoms with Gasteiger partial charge in [-0.1, -0.05) is 35.3 Å². The number of hydrogen-bond donors (Lipinski definition) is 4. The minimum absolute atomic E-state index is 0.00422. The van der Waals surface area contributed by atoms with Crippen LogP contribution in [0.1, 0.15) is 61.9 Å². The molecule has 40 heavy (non-hydrogen) atoms. The summed E-state index contributed by atoms with van der Waals surface area (Å²) in [6.45, 7) is 3.09. The van der Waals surface area contributed by atoms with E-state index in [0.717, 1.165) is 25.7 Å². The number of nitrogens with one attached hydrogen (secondary N) is 2. The molecule has 4 N–H and O–H groups in total. The highest BCUT2D eigenvalue weighted by molar-refractivity contribution is 6.40. The maximum absolute atomic E-state index is 13.4. The van der Waals surface area contributed by atoms with Crippen LogP contribution in [0.4, 0.5) is 5.69 Å². The first-order valence-electron chi connectivity index (χ1n) is 13.1. The van der Waals surface area contributed by atoms with Gasteiger partial charge in [0.25, 0.3) is 5.91 Å². The number of anilines is 1. The number of carboxylic acids is 1. The molecule has 214 valence electrons. The number of pyridine rings is 1. The van der Waals surface area contributed by atoms with Crippen molar-refractivity contribution in [3.63, 3.8) is 0 Å². The lowest BCUT2D eigenvalue weighted by Gasteiger charge is -2.51. The number of rotatable bonds is 9. The zero-order valence-corrected chi connectivity index (χ0v) is 23.7. The van der Waals surface area contributed by atoms with Crippen molar-refractivity contribution in [2.45, 2.75) is 76.1 Å². The van der Waals surface area contributed by atoms with Crippen LogP contribution in [0.2, 0.25) is 10.0 Å². The Hall–Kier alpha value is -3.21. The Kier molecular flexibility index (Phi) is 9.02. The molecule has 3 heterocycles. The molecule has 10 nitrogen and oxygen atoms in total. The molecule has 2 saturated heterocycles. The molecule has 12 heteroatoms. The largest absolute Gasteiger partial charge is 0.480 e. The number of benzene rings is 1. The van der Waals surface area contributed by atoms with Crippen LogP contribution in [-0.4, -0.2) is 67.5 Å². The van der Waals surface area contributed by atoms with Gasteiger partial charge in [-0.25, -0.2) is 4.79 Å². The first-order valence-corrected chi connectivity index (χ1v) is 13.9. The Balaban J connectivity index is 1.43. The van der Waals surface area contributed by atoms with E-state index in [0.29, 0.717) is 11.3 Å². The monoisotopic (exact) mass is 590 g/mol. The van der Waals surface area contributed by atoms with Gasteiger partial charge >= 0.3 is 5.97 Å². The minimum Gasteiger partial charge on any atom is -0.480 e. The summed E-state index contributed by atoms with van der Waals surface area (Å²) < 4.78 is 0. The number of halogens is 2. The topological polar surface area (TPSA) is 149 Å². The lowest BCUT2D eigenvalue weighted by Crippen LogP contribution is -2.64. The fraction of sp³-hybridized carbons (Fsp3) is 0.464. The highest BCUT2D eigenvalue weighted by Gasteiger charge is 2.48. The molecule has 2 aromatic rings. The standard InChI is InChI=1S/C28H32Cl2N4O6/c1-28(2,40)12-22(35)34-18-9-5-16(6-10-18)24(34)26(37)33-21(27(38)39)11-15-3-7-17(8-4-15)32-25(36)23-19(29)13-31-14-20(23)30/h3-4,7-8,13-14,16,18,21,24,40H,5-6,9-12H2,1-2H3,(H,32,36)(H,33,37)(H,38,39)/t16?,18?,21-,24-/m0/s1. The first-order chi connectivity index (χ1) is 18.8. The van der Waals surface area contributed by atoms with Gasteiger partial charge in [-0.3, -0.25) is 19.4 Å². The Morgan fingerprint density at radius 2 is 1.65 bits per heavy atom. The van der Waals surface area contributed by atoms with Crippen molar-refractivity contribution in [2.24, 2.45) is 5.92 Å². The molecule has 3 fully saturated rings. The van der Waals surface area contributed by atoms with Gasteiger partial charge < -0.3 is 25.7 Å². The molecule has 0 unspecified atom stereocenters. The van der Waals surface area contributed by atoms with Crippen LogP contribution in [0.3, 0.4) is 0 Å². The van der Waals surface area contributed by atoms with Crippen molar-refractivity contribution in [3.8, 4) is 0 Å². The number of carbonyl (C=O) groups is 4. The SMILES string of the molecule is CC(C)(O)CC(=O)N1C2CCC(CC2)[C@H]1C(=O)N[C@@H](Cc1ccc(NC(=O)c2c(Cl)cncc2Cl)cc1)C(=O)O. The van der Waals surface area contributed by atoms with Crippen molar-refractivity contribution < 1.29 is 29.4 Å². The van der Waals surface area contributed by atoms with E-state index >= 15 is 0 Å². The average Bonchev–Trinajstić information content (AvgIpc) is 2.88. The van der Waals surface area contributed by atoms with E-state index in [1.807, 2.05) is 0 Å². The molecule has 2 atom stereocenters. The second-order valence-electron chi connectivity index (χ2n) is 11.0. The number of aliphatic carboxylic acids is 1. The summed E-state index contributed by atoms with van der Waals surface area (Å²) in [4.78, 5) is 56.6. The van der Waals surface area contributed by atoms with Crippen molar-refractivity contribution in [2.75, 3.05) is 5.32 Å². The van der Waals surface area contributed by atoms with Gasteiger partial charge in [0.1, 0.15) is 12.1 Å². The summed E-state index contributed by atoms with van der Waals surface area (Å²) in [5, 5.41) is 25.6. The smallest absolute Gasteiger partial charge is 0.326 e. The summed E-state index contributed by atoms with van der Waals surface area (Å²) in [6, 6.07) is 4.41. The molecule has 0 spiro atoms. The number of piperidine rings is 2. The summed E-state index contributed by atoms with van der Waals surface area (Å²) in [7, 11) is 0. The fourth-order valence-electron chi connectivity index (χ4n) is 5.55. The highest BCUT2D eigenvalue weighted by Crippen LogP contribution is 2.40. The van der Waals surface area contributed by atoms with Crippen LogP contribution in [0.25, 0.3) is 0 Å². The molecule has 1 aromatic heterocycles. The maximum atomic E-state index is 13.4. The Morgan fingerprint density at radius 1 is 1.05 bits per heavy atom. The predicted octanol–water partition coefficient (Wildman–Crippen LogP) is 3.68. The van der Waals surface area contributed by atoms with Gasteiger partial charge in [0, 0.05) is 30.5 Å². The van der Waals surface area contributed by atoms with Gasteiger partial charge in [-0.2, -0.15) is 0 Å². The molecular weight excluding hydrogens is 559 g/mol. The van der Waals surface area contributed by atoms with Crippen molar-refractivity contribution in [3.05, 3.63) is 57.8 Å². The third-order valence-corrected chi connectivity index (χ3v) is 7.94. The van der Waals surface area contributed by atoms with Crippen LogP contribution in [0.15, 0.2) is 36.7 Å². The number of carbonyl (C=O) groups excluding carboxylic acids is 3. The molecule has 5 rings (SSSR count). The molecule has 0 radical (unpaired) electrons. The van der Waals surface area contributed by atoms with Crippen LogP contribution in [-0.2, 0) is 20.8 Å². The van der Waals surface area contributed by atoms with Crippen LogP contribution in [0, 0.1) is 5.92 Å². The molecule has 2 bridgehead atoms. The Morgan fingerprint density at radius 3 is 2.20 bits per heavy atom. The van der Waals surface area contributed by atoms with Gasteiger partial charge in [-0.15, -0.1) is 0 Å². The number of aromatic nitrogens is 1. The van der Waals surface area contributed by atoms with E-state index in [1.54, 1.807) is 43.0 Å². The minimum atomic E-state index is -1.23. The van der Waals surface area contributed by atoms with E-state index < -0.39 is 35.5 Å². The maximum Gasteiger partial charge on any atom is 0.326 e.